The average molecular weight is 572 g/mol. The van der Waals surface area contributed by atoms with Crippen molar-refractivity contribution in [2.45, 2.75) is 45.2 Å². The van der Waals surface area contributed by atoms with Crippen LogP contribution < -0.4 is 21.1 Å². The largest absolute Gasteiger partial charge is 0.495 e. The zero-order valence-electron chi connectivity index (χ0n) is 24.2. The second-order valence-corrected chi connectivity index (χ2v) is 11.2. The molecule has 2 aromatic carbocycles. The zero-order valence-corrected chi connectivity index (χ0v) is 24.2. The van der Waals surface area contributed by atoms with Crippen molar-refractivity contribution in [2.24, 2.45) is 5.73 Å². The Hall–Kier alpha value is -4.15. The van der Waals surface area contributed by atoms with Gasteiger partial charge in [0.05, 0.1) is 47.6 Å². The Morgan fingerprint density at radius 3 is 2.69 bits per heavy atom. The Kier molecular flexibility index (Phi) is 7.99. The second-order valence-electron chi connectivity index (χ2n) is 11.2. The first kappa shape index (κ1) is 28.0. The van der Waals surface area contributed by atoms with Crippen molar-refractivity contribution in [1.82, 2.24) is 19.8 Å². The van der Waals surface area contributed by atoms with Gasteiger partial charge in [0.15, 0.2) is 0 Å². The van der Waals surface area contributed by atoms with Gasteiger partial charge in [-0.25, -0.2) is 4.39 Å². The lowest BCUT2D eigenvalue weighted by Gasteiger charge is -2.40. The normalized spacial score (nSPS) is 16.4. The summed E-state index contributed by atoms with van der Waals surface area (Å²) >= 11 is 0. The highest BCUT2D eigenvalue weighted by molar-refractivity contribution is 6.02. The number of hydrogen-bond donors (Lipinski definition) is 4. The van der Waals surface area contributed by atoms with E-state index >= 15 is 0 Å². The van der Waals surface area contributed by atoms with Crippen LogP contribution in [0.2, 0.25) is 0 Å². The van der Waals surface area contributed by atoms with Gasteiger partial charge in [-0.1, -0.05) is 13.0 Å². The molecule has 10 heteroatoms. The third kappa shape index (κ3) is 5.64. The number of nitrogens with one attached hydrogen (secondary N) is 3. The molecule has 0 atom stereocenters. The molecule has 0 bridgehead atoms. The monoisotopic (exact) mass is 571 g/mol. The summed E-state index contributed by atoms with van der Waals surface area (Å²) in [6.45, 7) is 7.84. The van der Waals surface area contributed by atoms with E-state index in [2.05, 4.69) is 49.5 Å². The third-order valence-corrected chi connectivity index (χ3v) is 8.52. The van der Waals surface area contributed by atoms with Crippen molar-refractivity contribution in [3.63, 3.8) is 0 Å². The molecule has 2 aliphatic heterocycles. The van der Waals surface area contributed by atoms with Crippen molar-refractivity contribution in [1.29, 1.82) is 0 Å². The summed E-state index contributed by atoms with van der Waals surface area (Å²) in [5.74, 6) is 0.0250. The molecule has 0 radical (unpaired) electrons. The fourth-order valence-electron chi connectivity index (χ4n) is 6.40. The molecule has 0 aliphatic carbocycles. The Labute approximate surface area is 245 Å². The molecule has 4 aromatic rings. The van der Waals surface area contributed by atoms with E-state index < -0.39 is 11.7 Å². The summed E-state index contributed by atoms with van der Waals surface area (Å²) in [4.78, 5) is 24.8. The molecule has 42 heavy (non-hydrogen) atoms. The molecule has 220 valence electrons. The number of methoxy groups -OCH3 is 1. The van der Waals surface area contributed by atoms with Crippen LogP contribution >= 0.6 is 0 Å². The van der Waals surface area contributed by atoms with Crippen molar-refractivity contribution in [2.75, 3.05) is 43.9 Å². The highest BCUT2D eigenvalue weighted by Gasteiger charge is 2.28. The highest BCUT2D eigenvalue weighted by Crippen LogP contribution is 2.36. The fraction of sp³-hybridized carbons (Fsp3) is 0.375. The number of carbonyl (C=O) groups is 1. The van der Waals surface area contributed by atoms with Gasteiger partial charge in [0.2, 0.25) is 0 Å². The third-order valence-electron chi connectivity index (χ3n) is 8.52. The summed E-state index contributed by atoms with van der Waals surface area (Å²) in [7, 11) is 1.69. The predicted molar refractivity (Wildman–Crippen MR) is 164 cm³/mol. The molecule has 4 heterocycles. The van der Waals surface area contributed by atoms with Gasteiger partial charge in [0.25, 0.3) is 5.91 Å². The predicted octanol–water partition coefficient (Wildman–Crippen LogP) is 5.53. The Morgan fingerprint density at radius 1 is 1.10 bits per heavy atom. The molecular weight excluding hydrogens is 533 g/mol. The molecule has 9 nitrogen and oxygen atoms in total. The molecule has 6 rings (SSSR count). The summed E-state index contributed by atoms with van der Waals surface area (Å²) in [5, 5.41) is 7.48. The van der Waals surface area contributed by atoms with Gasteiger partial charge in [0.1, 0.15) is 17.4 Å². The molecule has 0 spiro atoms. The molecule has 5 N–H and O–H groups in total. The van der Waals surface area contributed by atoms with Gasteiger partial charge in [-0.2, -0.15) is 0 Å². The molecule has 0 saturated carbocycles. The van der Waals surface area contributed by atoms with Gasteiger partial charge in [0, 0.05) is 24.5 Å². The molecule has 2 aliphatic rings. The standard InChI is InChI=1S/C32H38FN7O2/c1-3-10-39-11-8-22(9-12-39)40-13-7-20-15-29(42-2)26(14-21(20)19-40)37-30-16-23-27(17-35-18-28(23)38-30)36-25-6-4-5-24(33)31(25)32(34)41/h4-6,14-18,22,36-38H,3,7-13,19H2,1-2H3,(H2,34,41). The smallest absolute Gasteiger partial charge is 0.253 e. The van der Waals surface area contributed by atoms with E-state index in [-0.39, 0.29) is 11.3 Å². The maximum Gasteiger partial charge on any atom is 0.253 e. The minimum atomic E-state index is -0.841. The maximum atomic E-state index is 14.3. The molecule has 1 fully saturated rings. The van der Waals surface area contributed by atoms with Gasteiger partial charge in [-0.15, -0.1) is 0 Å². The van der Waals surface area contributed by atoms with E-state index in [1.54, 1.807) is 25.6 Å². The average Bonchev–Trinajstić information content (AvgIpc) is 3.40. The number of halogens is 1. The summed E-state index contributed by atoms with van der Waals surface area (Å²) in [6, 6.07) is 11.3. The number of carbonyl (C=O) groups excluding carboxylic acids is 1. The quantitative estimate of drug-likeness (QED) is 0.209. The number of nitrogens with two attached hydrogens (primary N) is 1. The number of ether oxygens (including phenoxy) is 1. The lowest BCUT2D eigenvalue weighted by molar-refractivity contribution is 0.0982. The van der Waals surface area contributed by atoms with Crippen LogP contribution in [0.3, 0.4) is 0 Å². The van der Waals surface area contributed by atoms with Gasteiger partial charge >= 0.3 is 0 Å². The van der Waals surface area contributed by atoms with E-state index in [1.807, 2.05) is 6.07 Å². The summed E-state index contributed by atoms with van der Waals surface area (Å²) in [5.41, 5.74) is 10.5. The lowest BCUT2D eigenvalue weighted by Crippen LogP contribution is -2.46. The number of rotatable bonds is 9. The number of benzene rings is 2. The first-order valence-electron chi connectivity index (χ1n) is 14.7. The number of anilines is 4. The van der Waals surface area contributed by atoms with Crippen LogP contribution in [0.1, 0.15) is 47.7 Å². The summed E-state index contributed by atoms with van der Waals surface area (Å²) in [6.07, 6.45) is 8.05. The van der Waals surface area contributed by atoms with Gasteiger partial charge < -0.3 is 31.0 Å². The first-order chi connectivity index (χ1) is 20.4. The van der Waals surface area contributed by atoms with E-state index in [9.17, 15) is 9.18 Å². The van der Waals surface area contributed by atoms with Gasteiger partial charge in [-0.3, -0.25) is 14.7 Å². The number of primary amides is 1. The number of amides is 1. The number of aromatic amines is 1. The second kappa shape index (κ2) is 12.0. The van der Waals surface area contributed by atoms with E-state index in [1.165, 1.54) is 62.2 Å². The summed E-state index contributed by atoms with van der Waals surface area (Å²) < 4.78 is 20.1. The number of pyridine rings is 1. The van der Waals surface area contributed by atoms with Crippen LogP contribution in [-0.4, -0.2) is 65.0 Å². The molecule has 1 amide bonds. The van der Waals surface area contributed by atoms with Crippen LogP contribution in [-0.2, 0) is 13.0 Å². The molecule has 2 aromatic heterocycles. The zero-order chi connectivity index (χ0) is 29.2. The number of piperidine rings is 1. The maximum absolute atomic E-state index is 14.3. The number of fused-ring (bicyclic) bond motifs is 2. The number of likely N-dealkylation sites (tertiary alicyclic amines) is 1. The van der Waals surface area contributed by atoms with E-state index in [0.717, 1.165) is 47.7 Å². The topological polar surface area (TPSA) is 112 Å². The van der Waals surface area contributed by atoms with Crippen LogP contribution in [0.15, 0.2) is 48.8 Å². The molecular formula is C32H38FN7O2. The van der Waals surface area contributed by atoms with E-state index in [4.69, 9.17) is 10.5 Å². The molecule has 0 unspecified atom stereocenters. The fourth-order valence-corrected chi connectivity index (χ4v) is 6.40. The van der Waals surface area contributed by atoms with Crippen molar-refractivity contribution < 1.29 is 13.9 Å². The Bertz CT molecular complexity index is 1600. The van der Waals surface area contributed by atoms with Crippen LogP contribution in [0, 0.1) is 5.82 Å². The minimum absolute atomic E-state index is 0.192. The van der Waals surface area contributed by atoms with Gasteiger partial charge in [-0.05, 0) is 86.8 Å². The van der Waals surface area contributed by atoms with Crippen LogP contribution in [0.25, 0.3) is 10.9 Å². The Morgan fingerprint density at radius 2 is 1.93 bits per heavy atom. The Balaban J connectivity index is 1.23. The highest BCUT2D eigenvalue weighted by atomic mass is 19.1. The number of nitrogens with zero attached hydrogens (tertiary/aromatic N) is 3. The van der Waals surface area contributed by atoms with Crippen molar-refractivity contribution in [3.8, 4) is 5.75 Å². The van der Waals surface area contributed by atoms with Crippen LogP contribution in [0.5, 0.6) is 5.75 Å². The first-order valence-corrected chi connectivity index (χ1v) is 14.7. The lowest BCUT2D eigenvalue weighted by atomic mass is 9.94. The SMILES string of the molecule is CCCN1CCC(N2CCc3cc(OC)c(Nc4cc5c(Nc6cccc(F)c6C(N)=O)cncc5[nH]4)cc3C2)CC1. The number of H-pyrrole nitrogens is 1. The van der Waals surface area contributed by atoms with Crippen molar-refractivity contribution >= 4 is 39.7 Å². The number of hydrogen-bond acceptors (Lipinski definition) is 7. The van der Waals surface area contributed by atoms with Crippen LogP contribution in [0.4, 0.5) is 27.3 Å². The molecule has 1 saturated heterocycles. The number of aromatic nitrogens is 2. The van der Waals surface area contributed by atoms with E-state index in [0.29, 0.717) is 11.7 Å². The van der Waals surface area contributed by atoms with Crippen molar-refractivity contribution in [3.05, 3.63) is 71.3 Å². The minimum Gasteiger partial charge on any atom is -0.495 e.